The maximum atomic E-state index is 13.3. The fourth-order valence-electron chi connectivity index (χ4n) is 1.80. The van der Waals surface area contributed by atoms with Gasteiger partial charge in [0.15, 0.2) is 11.6 Å². The van der Waals surface area contributed by atoms with Crippen molar-refractivity contribution < 1.29 is 18.7 Å². The van der Waals surface area contributed by atoms with Crippen LogP contribution in [0.1, 0.15) is 17.2 Å². The van der Waals surface area contributed by atoms with E-state index in [0.717, 1.165) is 6.07 Å². The van der Waals surface area contributed by atoms with Gasteiger partial charge >= 0.3 is 5.97 Å². The fourth-order valence-corrected chi connectivity index (χ4v) is 1.80. The molecule has 1 atom stereocenters. The molecular weight excluding hydrogens is 204 g/mol. The number of nitrogens with one attached hydrogen (secondary N) is 1. The molecule has 80 valence electrons. The van der Waals surface area contributed by atoms with E-state index in [1.165, 1.54) is 6.07 Å². The van der Waals surface area contributed by atoms with Crippen LogP contribution in [0.2, 0.25) is 0 Å². The molecule has 15 heavy (non-hydrogen) atoms. The predicted octanol–water partition coefficient (Wildman–Crippen LogP) is 1.24. The molecule has 1 unspecified atom stereocenters. The Kier molecular flexibility index (Phi) is 2.40. The highest BCUT2D eigenvalue weighted by atomic mass is 19.2. The van der Waals surface area contributed by atoms with Gasteiger partial charge in [-0.1, -0.05) is 6.07 Å². The maximum Gasteiger partial charge on any atom is 0.325 e. The molecule has 1 aromatic carbocycles. The maximum absolute atomic E-state index is 13.3. The Morgan fingerprint density at radius 3 is 2.87 bits per heavy atom. The molecule has 1 heterocycles. The molecule has 1 aliphatic heterocycles. The lowest BCUT2D eigenvalue weighted by Crippen LogP contribution is -2.35. The number of hydrogen-bond donors (Lipinski definition) is 2. The zero-order valence-corrected chi connectivity index (χ0v) is 7.76. The summed E-state index contributed by atoms with van der Waals surface area (Å²) >= 11 is 0. The van der Waals surface area contributed by atoms with Crippen LogP contribution < -0.4 is 5.32 Å². The Morgan fingerprint density at radius 1 is 1.47 bits per heavy atom. The van der Waals surface area contributed by atoms with Crippen molar-refractivity contribution in [2.24, 2.45) is 0 Å². The second-order valence-corrected chi connectivity index (χ2v) is 3.40. The molecule has 0 saturated heterocycles. The van der Waals surface area contributed by atoms with Gasteiger partial charge in [-0.3, -0.25) is 4.79 Å². The van der Waals surface area contributed by atoms with E-state index in [0.29, 0.717) is 18.5 Å². The van der Waals surface area contributed by atoms with Crippen LogP contribution >= 0.6 is 0 Å². The molecule has 2 rings (SSSR count). The zero-order valence-electron chi connectivity index (χ0n) is 7.76. The molecule has 2 N–H and O–H groups in total. The van der Waals surface area contributed by atoms with Crippen molar-refractivity contribution in [2.45, 2.75) is 12.5 Å². The molecule has 0 saturated carbocycles. The van der Waals surface area contributed by atoms with Gasteiger partial charge in [0.1, 0.15) is 6.04 Å². The molecule has 0 aliphatic carbocycles. The molecule has 5 heteroatoms. The van der Waals surface area contributed by atoms with Gasteiger partial charge in [0.2, 0.25) is 0 Å². The second-order valence-electron chi connectivity index (χ2n) is 3.40. The van der Waals surface area contributed by atoms with Crippen LogP contribution in [-0.4, -0.2) is 17.6 Å². The number of aliphatic carboxylic acids is 1. The third kappa shape index (κ3) is 1.59. The van der Waals surface area contributed by atoms with Crippen LogP contribution in [0.3, 0.4) is 0 Å². The van der Waals surface area contributed by atoms with Crippen LogP contribution in [0.4, 0.5) is 8.78 Å². The molecule has 0 amide bonds. The largest absolute Gasteiger partial charge is 0.480 e. The molecule has 1 aromatic rings. The van der Waals surface area contributed by atoms with Crippen LogP contribution in [0.15, 0.2) is 12.1 Å². The van der Waals surface area contributed by atoms with E-state index in [1.54, 1.807) is 0 Å². The normalized spacial score (nSPS) is 19.7. The van der Waals surface area contributed by atoms with E-state index < -0.39 is 23.6 Å². The summed E-state index contributed by atoms with van der Waals surface area (Å²) in [5.74, 6) is -2.94. The number of fused-ring (bicyclic) bond motifs is 1. The van der Waals surface area contributed by atoms with Crippen molar-refractivity contribution in [2.75, 3.05) is 6.54 Å². The number of rotatable bonds is 1. The summed E-state index contributed by atoms with van der Waals surface area (Å²) < 4.78 is 26.2. The molecule has 0 aromatic heterocycles. The van der Waals surface area contributed by atoms with Gasteiger partial charge in [-0.15, -0.1) is 0 Å². The Morgan fingerprint density at radius 2 is 2.20 bits per heavy atom. The van der Waals surface area contributed by atoms with Gasteiger partial charge in [0, 0.05) is 6.54 Å². The van der Waals surface area contributed by atoms with E-state index in [-0.39, 0.29) is 5.56 Å². The third-order valence-electron chi connectivity index (χ3n) is 2.51. The van der Waals surface area contributed by atoms with Crippen LogP contribution in [0, 0.1) is 11.6 Å². The Bertz CT molecular complexity index is 420. The van der Waals surface area contributed by atoms with E-state index in [2.05, 4.69) is 5.32 Å². The molecule has 0 fully saturated rings. The smallest absolute Gasteiger partial charge is 0.325 e. The Hall–Kier alpha value is -1.49. The van der Waals surface area contributed by atoms with Gasteiger partial charge in [-0.2, -0.15) is 0 Å². The van der Waals surface area contributed by atoms with Gasteiger partial charge in [0.25, 0.3) is 0 Å². The first-order valence-corrected chi connectivity index (χ1v) is 4.54. The minimum Gasteiger partial charge on any atom is -0.480 e. The van der Waals surface area contributed by atoms with Crippen molar-refractivity contribution in [3.63, 3.8) is 0 Å². The number of carboxylic acid groups (broad SMARTS) is 1. The van der Waals surface area contributed by atoms with E-state index in [9.17, 15) is 13.6 Å². The highest BCUT2D eigenvalue weighted by Crippen LogP contribution is 2.26. The fraction of sp³-hybridized carbons (Fsp3) is 0.300. The SMILES string of the molecule is O=C(O)C1NCCc2c1ccc(F)c2F. The molecule has 0 radical (unpaired) electrons. The lowest BCUT2D eigenvalue weighted by molar-refractivity contribution is -0.139. The van der Waals surface area contributed by atoms with Crippen molar-refractivity contribution in [1.82, 2.24) is 5.32 Å². The Balaban J connectivity index is 2.54. The van der Waals surface area contributed by atoms with Crippen molar-refractivity contribution in [3.8, 4) is 0 Å². The number of carboxylic acids is 1. The van der Waals surface area contributed by atoms with Gasteiger partial charge in [-0.05, 0) is 23.6 Å². The van der Waals surface area contributed by atoms with Crippen molar-refractivity contribution in [1.29, 1.82) is 0 Å². The standard InChI is InChI=1S/C10H9F2NO2/c11-7-2-1-6-5(8(7)12)3-4-13-9(6)10(14)15/h1-2,9,13H,3-4H2,(H,14,15). The number of benzene rings is 1. The molecule has 3 nitrogen and oxygen atoms in total. The van der Waals surface area contributed by atoms with E-state index in [1.807, 2.05) is 0 Å². The van der Waals surface area contributed by atoms with E-state index in [4.69, 9.17) is 5.11 Å². The third-order valence-corrected chi connectivity index (χ3v) is 2.51. The molecular formula is C10H9F2NO2. The lowest BCUT2D eigenvalue weighted by Gasteiger charge is -2.24. The summed E-state index contributed by atoms with van der Waals surface area (Å²) in [5, 5.41) is 11.6. The average Bonchev–Trinajstić information content (AvgIpc) is 2.23. The first kappa shape index (κ1) is 10.0. The van der Waals surface area contributed by atoms with Crippen LogP contribution in [0.5, 0.6) is 0 Å². The van der Waals surface area contributed by atoms with E-state index >= 15 is 0 Å². The molecule has 1 aliphatic rings. The highest BCUT2D eigenvalue weighted by molar-refractivity contribution is 5.76. The summed E-state index contributed by atoms with van der Waals surface area (Å²) in [4.78, 5) is 10.8. The topological polar surface area (TPSA) is 49.3 Å². The first-order valence-electron chi connectivity index (χ1n) is 4.54. The molecule has 0 spiro atoms. The summed E-state index contributed by atoms with van der Waals surface area (Å²) in [5.41, 5.74) is 0.480. The van der Waals surface area contributed by atoms with Gasteiger partial charge < -0.3 is 10.4 Å². The van der Waals surface area contributed by atoms with Crippen LogP contribution in [-0.2, 0) is 11.2 Å². The summed E-state index contributed by atoms with van der Waals surface area (Å²) in [6.45, 7) is 0.338. The van der Waals surface area contributed by atoms with Crippen molar-refractivity contribution >= 4 is 5.97 Å². The van der Waals surface area contributed by atoms with Gasteiger partial charge in [0.05, 0.1) is 0 Å². The minimum atomic E-state index is -1.08. The second kappa shape index (κ2) is 3.58. The van der Waals surface area contributed by atoms with Gasteiger partial charge in [-0.25, -0.2) is 8.78 Å². The zero-order chi connectivity index (χ0) is 11.0. The minimum absolute atomic E-state index is 0.168. The summed E-state index contributed by atoms with van der Waals surface area (Å²) in [6.07, 6.45) is 0.308. The molecule has 0 bridgehead atoms. The quantitative estimate of drug-likeness (QED) is 0.737. The Labute approximate surface area is 84.7 Å². The average molecular weight is 213 g/mol. The first-order chi connectivity index (χ1) is 7.11. The summed E-state index contributed by atoms with van der Waals surface area (Å²) in [7, 11) is 0. The number of carbonyl (C=O) groups is 1. The van der Waals surface area contributed by atoms with Crippen LogP contribution in [0.25, 0.3) is 0 Å². The number of halogens is 2. The number of hydrogen-bond acceptors (Lipinski definition) is 2. The monoisotopic (exact) mass is 213 g/mol. The summed E-state index contributed by atoms with van der Waals surface area (Å²) in [6, 6.07) is 1.33. The predicted molar refractivity (Wildman–Crippen MR) is 48.4 cm³/mol. The highest BCUT2D eigenvalue weighted by Gasteiger charge is 2.28. The van der Waals surface area contributed by atoms with Crippen molar-refractivity contribution in [3.05, 3.63) is 34.9 Å². The lowest BCUT2D eigenvalue weighted by atomic mass is 9.94.